The molecule has 6 aliphatic heterocycles. The molecular formula is C39H50FN7O4. The third-order valence-electron chi connectivity index (χ3n) is 12.5. The number of fused-ring (bicyclic) bond motifs is 5. The fraction of sp³-hybridized carbons (Fsp3) is 0.615. The van der Waals surface area contributed by atoms with Gasteiger partial charge in [0, 0.05) is 67.5 Å². The summed E-state index contributed by atoms with van der Waals surface area (Å²) in [6.45, 7) is 9.52. The standard InChI is InChI=1S/C39H50FN7O4/c1-2-30-32(40)10-7-26-5-3-6-34(35(26)30)45-16-12-31-33(23-45)42-37(43-36(31)46-21-27-8-9-28(22-46)41-27)51-25-39-13-4-15-47(39)29(11-14-39)24-50-38(48)44-17-19-49-20-18-44/h3,5-7,10,27-29,41H,2,4,8-9,11-25H2,1H3/t27-,28+,29-,39-/m1/s1. The number of piperazine rings is 1. The van der Waals surface area contributed by atoms with Crippen LogP contribution in [0.2, 0.25) is 0 Å². The van der Waals surface area contributed by atoms with Crippen LogP contribution in [-0.2, 0) is 28.9 Å². The van der Waals surface area contributed by atoms with E-state index in [-0.39, 0.29) is 23.5 Å². The van der Waals surface area contributed by atoms with Gasteiger partial charge in [0.05, 0.1) is 31.0 Å². The van der Waals surface area contributed by atoms with Crippen molar-refractivity contribution in [3.8, 4) is 6.01 Å². The molecule has 2 aromatic carbocycles. The highest BCUT2D eigenvalue weighted by molar-refractivity contribution is 5.97. The van der Waals surface area contributed by atoms with Gasteiger partial charge < -0.3 is 34.2 Å². The number of aryl methyl sites for hydroxylation is 1. The fourth-order valence-corrected chi connectivity index (χ4v) is 9.90. The first kappa shape index (κ1) is 33.1. The molecule has 5 saturated heterocycles. The first-order chi connectivity index (χ1) is 25.0. The highest BCUT2D eigenvalue weighted by Gasteiger charge is 2.50. The van der Waals surface area contributed by atoms with E-state index >= 15 is 4.39 Å². The Morgan fingerprint density at radius 2 is 1.86 bits per heavy atom. The lowest BCUT2D eigenvalue weighted by Gasteiger charge is -2.38. The van der Waals surface area contributed by atoms with Crippen LogP contribution in [0.3, 0.4) is 0 Å². The highest BCUT2D eigenvalue weighted by Crippen LogP contribution is 2.43. The fourth-order valence-electron chi connectivity index (χ4n) is 9.90. The van der Waals surface area contributed by atoms with Crippen molar-refractivity contribution in [2.24, 2.45) is 0 Å². The number of hydrogen-bond donors (Lipinski definition) is 1. The van der Waals surface area contributed by atoms with Gasteiger partial charge in [-0.3, -0.25) is 4.90 Å². The molecule has 1 aromatic heterocycles. The van der Waals surface area contributed by atoms with Crippen LogP contribution in [0, 0.1) is 5.82 Å². The average Bonchev–Trinajstić information content (AvgIpc) is 3.85. The largest absolute Gasteiger partial charge is 0.461 e. The van der Waals surface area contributed by atoms with E-state index in [2.05, 4.69) is 38.2 Å². The number of hydrogen-bond acceptors (Lipinski definition) is 10. The first-order valence-electron chi connectivity index (χ1n) is 19.2. The second kappa shape index (κ2) is 13.7. The maximum absolute atomic E-state index is 15.1. The number of carbonyl (C=O) groups is 1. The van der Waals surface area contributed by atoms with Crippen molar-refractivity contribution < 1.29 is 23.4 Å². The predicted molar refractivity (Wildman–Crippen MR) is 193 cm³/mol. The average molecular weight is 700 g/mol. The van der Waals surface area contributed by atoms with Gasteiger partial charge in [0.2, 0.25) is 0 Å². The van der Waals surface area contributed by atoms with E-state index in [9.17, 15) is 4.79 Å². The van der Waals surface area contributed by atoms with E-state index in [0.29, 0.717) is 70.6 Å². The third kappa shape index (κ3) is 6.16. The number of amides is 1. The van der Waals surface area contributed by atoms with E-state index in [1.54, 1.807) is 11.0 Å². The number of morpholine rings is 1. The molecule has 272 valence electrons. The van der Waals surface area contributed by atoms with Crippen LogP contribution < -0.4 is 19.9 Å². The molecule has 0 radical (unpaired) electrons. The van der Waals surface area contributed by atoms with E-state index in [1.165, 1.54) is 18.4 Å². The Kier molecular flexibility index (Phi) is 8.88. The molecule has 0 aliphatic carbocycles. The normalized spacial score (nSPS) is 27.6. The summed E-state index contributed by atoms with van der Waals surface area (Å²) in [4.78, 5) is 32.2. The Morgan fingerprint density at radius 3 is 2.69 bits per heavy atom. The lowest BCUT2D eigenvalue weighted by Crippen LogP contribution is -2.52. The number of rotatable bonds is 8. The highest BCUT2D eigenvalue weighted by atomic mass is 19.1. The molecule has 6 aliphatic rings. The van der Waals surface area contributed by atoms with Crippen molar-refractivity contribution in [1.82, 2.24) is 25.1 Å². The zero-order chi connectivity index (χ0) is 34.5. The second-order valence-electron chi connectivity index (χ2n) is 15.4. The Hall–Kier alpha value is -3.74. The molecule has 11 nitrogen and oxygen atoms in total. The van der Waals surface area contributed by atoms with Crippen molar-refractivity contribution in [2.75, 3.05) is 75.5 Å². The number of benzene rings is 2. The van der Waals surface area contributed by atoms with Crippen molar-refractivity contribution in [3.05, 3.63) is 53.0 Å². The zero-order valence-electron chi connectivity index (χ0n) is 29.7. The van der Waals surface area contributed by atoms with Crippen LogP contribution in [0.4, 0.5) is 20.7 Å². The third-order valence-corrected chi connectivity index (χ3v) is 12.5. The maximum atomic E-state index is 15.1. The number of aromatic nitrogens is 2. The molecule has 12 heteroatoms. The Balaban J connectivity index is 0.972. The molecule has 0 spiro atoms. The predicted octanol–water partition coefficient (Wildman–Crippen LogP) is 4.68. The smallest absolute Gasteiger partial charge is 0.409 e. The van der Waals surface area contributed by atoms with Crippen LogP contribution in [0.1, 0.15) is 62.3 Å². The van der Waals surface area contributed by atoms with Gasteiger partial charge in [0.25, 0.3) is 0 Å². The summed E-state index contributed by atoms with van der Waals surface area (Å²) in [6.07, 6.45) is 7.72. The summed E-state index contributed by atoms with van der Waals surface area (Å²) < 4.78 is 33.0. The van der Waals surface area contributed by atoms with E-state index in [1.807, 2.05) is 13.0 Å². The lowest BCUT2D eigenvalue weighted by atomic mass is 9.95. The van der Waals surface area contributed by atoms with Crippen molar-refractivity contribution >= 4 is 28.4 Å². The molecule has 1 amide bonds. The van der Waals surface area contributed by atoms with Gasteiger partial charge in [0.15, 0.2) is 0 Å². The summed E-state index contributed by atoms with van der Waals surface area (Å²) >= 11 is 0. The summed E-state index contributed by atoms with van der Waals surface area (Å²) in [6, 6.07) is 11.4. The topological polar surface area (TPSA) is 95.5 Å². The Morgan fingerprint density at radius 1 is 1.02 bits per heavy atom. The molecule has 9 rings (SSSR count). The molecular weight excluding hydrogens is 649 g/mol. The van der Waals surface area contributed by atoms with Crippen LogP contribution in [0.15, 0.2) is 30.3 Å². The van der Waals surface area contributed by atoms with Gasteiger partial charge in [-0.15, -0.1) is 0 Å². The minimum Gasteiger partial charge on any atom is -0.461 e. The van der Waals surface area contributed by atoms with Gasteiger partial charge in [-0.05, 0) is 81.0 Å². The van der Waals surface area contributed by atoms with E-state index < -0.39 is 0 Å². The van der Waals surface area contributed by atoms with Crippen LogP contribution in [0.5, 0.6) is 6.01 Å². The number of ether oxygens (including phenoxy) is 3. The molecule has 51 heavy (non-hydrogen) atoms. The summed E-state index contributed by atoms with van der Waals surface area (Å²) in [5.41, 5.74) is 3.93. The molecule has 1 N–H and O–H groups in total. The molecule has 2 bridgehead atoms. The summed E-state index contributed by atoms with van der Waals surface area (Å²) in [5, 5.41) is 5.83. The van der Waals surface area contributed by atoms with Crippen molar-refractivity contribution in [2.45, 2.75) is 88.5 Å². The van der Waals surface area contributed by atoms with Crippen LogP contribution in [-0.4, -0.2) is 115 Å². The lowest BCUT2D eigenvalue weighted by molar-refractivity contribution is 0.0138. The quantitative estimate of drug-likeness (QED) is 0.357. The first-order valence-corrected chi connectivity index (χ1v) is 19.2. The SMILES string of the molecule is CCc1c(F)ccc2cccc(N3CCc4c(nc(OC[C@]56CCCN5[C@@H](COC(=O)N5CCOCC5)CC6)nc4N4C[C@H]5CC[C@@H](C4)N5)C3)c12. The summed E-state index contributed by atoms with van der Waals surface area (Å²) in [7, 11) is 0. The van der Waals surface area contributed by atoms with Crippen molar-refractivity contribution in [1.29, 1.82) is 0 Å². The van der Waals surface area contributed by atoms with Gasteiger partial charge in [-0.1, -0.05) is 25.1 Å². The number of halogens is 1. The maximum Gasteiger partial charge on any atom is 0.409 e. The van der Waals surface area contributed by atoms with Crippen LogP contribution in [0.25, 0.3) is 10.8 Å². The number of carbonyl (C=O) groups excluding carboxylic acids is 1. The van der Waals surface area contributed by atoms with E-state index in [0.717, 1.165) is 91.8 Å². The van der Waals surface area contributed by atoms with Crippen LogP contribution >= 0.6 is 0 Å². The van der Waals surface area contributed by atoms with Gasteiger partial charge in [0.1, 0.15) is 24.8 Å². The van der Waals surface area contributed by atoms with Crippen molar-refractivity contribution in [3.63, 3.8) is 0 Å². The minimum atomic E-state index is -0.240. The van der Waals surface area contributed by atoms with Gasteiger partial charge >= 0.3 is 12.1 Å². The zero-order valence-corrected chi connectivity index (χ0v) is 29.7. The Labute approximate surface area is 299 Å². The summed E-state index contributed by atoms with van der Waals surface area (Å²) in [5.74, 6) is 0.875. The molecule has 4 atom stereocenters. The number of nitrogens with one attached hydrogen (secondary N) is 1. The Bertz CT molecular complexity index is 1780. The molecule has 3 aromatic rings. The van der Waals surface area contributed by atoms with Gasteiger partial charge in [-0.25, -0.2) is 9.18 Å². The molecule has 0 saturated carbocycles. The molecule has 5 fully saturated rings. The van der Waals surface area contributed by atoms with Gasteiger partial charge in [-0.2, -0.15) is 9.97 Å². The molecule has 7 heterocycles. The number of anilines is 2. The monoisotopic (exact) mass is 699 g/mol. The second-order valence-corrected chi connectivity index (χ2v) is 15.4. The number of nitrogens with zero attached hydrogens (tertiary/aromatic N) is 6. The molecule has 0 unspecified atom stereocenters. The van der Waals surface area contributed by atoms with E-state index in [4.69, 9.17) is 24.2 Å². The minimum absolute atomic E-state index is 0.112.